The van der Waals surface area contributed by atoms with Gasteiger partial charge >= 0.3 is 0 Å². The lowest BCUT2D eigenvalue weighted by molar-refractivity contribution is 0.100. The zero-order chi connectivity index (χ0) is 19.2. The second-order valence-corrected chi connectivity index (χ2v) is 5.15. The van der Waals surface area contributed by atoms with Gasteiger partial charge in [-0.2, -0.15) is 0 Å². The van der Waals surface area contributed by atoms with E-state index >= 15 is 0 Å². The summed E-state index contributed by atoms with van der Waals surface area (Å²) in [7, 11) is 0. The molecule has 0 aliphatic carbocycles. The molecule has 1 aromatic heterocycles. The minimum absolute atomic E-state index is 0.294. The Morgan fingerprint density at radius 1 is 0.778 bits per heavy atom. The number of para-hydroxylation sites is 1. The maximum atomic E-state index is 11.4. The van der Waals surface area contributed by atoms with E-state index in [0.717, 1.165) is 5.39 Å². The monoisotopic (exact) mass is 360 g/mol. The van der Waals surface area contributed by atoms with Gasteiger partial charge in [0, 0.05) is 10.9 Å². The predicted octanol–water partition coefficient (Wildman–Crippen LogP) is 4.15. The van der Waals surface area contributed by atoms with Gasteiger partial charge in [0.1, 0.15) is 0 Å². The highest BCUT2D eigenvalue weighted by molar-refractivity contribution is 5.92. The van der Waals surface area contributed by atoms with Crippen LogP contribution in [-0.2, 0) is 0 Å². The van der Waals surface area contributed by atoms with E-state index < -0.39 is 5.91 Å². The van der Waals surface area contributed by atoms with Crippen LogP contribution in [0.15, 0.2) is 108 Å². The average molecular weight is 360 g/mol. The lowest BCUT2D eigenvalue weighted by Crippen LogP contribution is -2.09. The second-order valence-electron chi connectivity index (χ2n) is 5.15. The van der Waals surface area contributed by atoms with Crippen LogP contribution in [0.2, 0.25) is 0 Å². The normalized spacial score (nSPS) is 9.04. The van der Waals surface area contributed by atoms with Gasteiger partial charge in [0.25, 0.3) is 0 Å². The zero-order valence-electron chi connectivity index (χ0n) is 14.6. The number of H-pyrrole nitrogens is 1. The maximum absolute atomic E-state index is 11.4. The Morgan fingerprint density at radius 3 is 2.00 bits per heavy atom. The standard InChI is InChI=1S/C21H20N4O2/c22-21(26)19-14-9-7-5-3-1-2-4-6-8-12-18-13-10-11-15-20(18)27-25-24-23-17-16-19/h1-17H,(H2,22,26)(H,23,25). The molecule has 1 heterocycles. The van der Waals surface area contributed by atoms with Gasteiger partial charge in [0.2, 0.25) is 5.91 Å². The number of nitrogens with one attached hydrogen (secondary N) is 1. The number of nitrogens with two attached hydrogens (primary N) is 1. The van der Waals surface area contributed by atoms with Crippen molar-refractivity contribution in [2.45, 2.75) is 0 Å². The van der Waals surface area contributed by atoms with E-state index in [9.17, 15) is 4.79 Å². The van der Waals surface area contributed by atoms with Crippen LogP contribution in [0.25, 0.3) is 11.0 Å². The third-order valence-electron chi connectivity index (χ3n) is 3.22. The van der Waals surface area contributed by atoms with Gasteiger partial charge in [-0.25, -0.2) is 0 Å². The van der Waals surface area contributed by atoms with Gasteiger partial charge in [-0.1, -0.05) is 78.9 Å². The number of hydrogen-bond acceptors (Lipinski definition) is 4. The van der Waals surface area contributed by atoms with Gasteiger partial charge in [-0.15, -0.1) is 10.4 Å². The molecule has 0 bridgehead atoms. The van der Waals surface area contributed by atoms with Gasteiger partial charge in [0.15, 0.2) is 5.58 Å². The summed E-state index contributed by atoms with van der Waals surface area (Å²) >= 11 is 0. The van der Waals surface area contributed by atoms with Crippen molar-refractivity contribution >= 4 is 16.9 Å². The molecule has 6 nitrogen and oxygen atoms in total. The number of amides is 1. The smallest absolute Gasteiger partial charge is 0.248 e. The number of rotatable bonds is 1. The molecular weight excluding hydrogens is 340 g/mol. The van der Waals surface area contributed by atoms with Crippen LogP contribution in [0.4, 0.5) is 0 Å². The fraction of sp³-hybridized carbons (Fsp3) is 0. The van der Waals surface area contributed by atoms with Crippen LogP contribution in [0.1, 0.15) is 10.4 Å². The average Bonchev–Trinajstić information content (AvgIpc) is 2.66. The molecule has 1 aromatic carbocycles. The molecule has 0 fully saturated rings. The number of nitrogens with zero attached hydrogens (tertiary/aromatic N) is 2. The minimum Gasteiger partial charge on any atom is -0.366 e. The van der Waals surface area contributed by atoms with E-state index in [1.165, 1.54) is 12.3 Å². The largest absolute Gasteiger partial charge is 0.366 e. The van der Waals surface area contributed by atoms with Crippen molar-refractivity contribution in [3.63, 3.8) is 0 Å². The molecule has 2 rings (SSSR count). The third kappa shape index (κ3) is 7.66. The third-order valence-corrected chi connectivity index (χ3v) is 3.22. The molecule has 3 N–H and O–H groups in total. The van der Waals surface area contributed by atoms with Crippen molar-refractivity contribution in [2.75, 3.05) is 0 Å². The molecule has 0 aliphatic rings. The summed E-state index contributed by atoms with van der Waals surface area (Å²) in [4.78, 5) is 11.4. The first kappa shape index (κ1) is 19.4. The molecule has 2 aromatic rings. The molecule has 0 saturated heterocycles. The number of carbonyl (C=O) groups is 1. The molecule has 0 aliphatic heterocycles. The summed E-state index contributed by atoms with van der Waals surface area (Å²) in [5.74, 6) is -0.563. The fourth-order valence-corrected chi connectivity index (χ4v) is 1.94. The molecule has 1 amide bonds. The highest BCUT2D eigenvalue weighted by atomic mass is 16.5. The van der Waals surface area contributed by atoms with E-state index in [1.807, 2.05) is 66.7 Å². The predicted molar refractivity (Wildman–Crippen MR) is 105 cm³/mol. The molecule has 0 radical (unpaired) electrons. The highest BCUT2D eigenvalue weighted by Gasteiger charge is 1.93. The Morgan fingerprint density at radius 2 is 1.33 bits per heavy atom. The maximum Gasteiger partial charge on any atom is 0.248 e. The summed E-state index contributed by atoms with van der Waals surface area (Å²) in [6.45, 7) is 0. The van der Waals surface area contributed by atoms with Gasteiger partial charge in [-0.05, 0) is 23.4 Å². The molecule has 0 saturated carbocycles. The summed E-state index contributed by atoms with van der Waals surface area (Å²) < 4.78 is 5.38. The summed E-state index contributed by atoms with van der Waals surface area (Å²) in [5.41, 5.74) is 6.22. The van der Waals surface area contributed by atoms with Crippen LogP contribution in [0.5, 0.6) is 0 Å². The molecule has 27 heavy (non-hydrogen) atoms. The van der Waals surface area contributed by atoms with Crippen LogP contribution < -0.4 is 5.73 Å². The van der Waals surface area contributed by atoms with Gasteiger partial charge in [0.05, 0.1) is 6.20 Å². The Kier molecular flexibility index (Phi) is 8.33. The number of benzene rings is 1. The van der Waals surface area contributed by atoms with Crippen molar-refractivity contribution in [3.05, 3.63) is 109 Å². The Labute approximate surface area is 156 Å². The highest BCUT2D eigenvalue weighted by Crippen LogP contribution is 2.07. The topological polar surface area (TPSA) is 97.8 Å². The molecular formula is C21H20N4O2. The van der Waals surface area contributed by atoms with E-state index in [4.69, 9.17) is 10.3 Å². The van der Waals surface area contributed by atoms with Crippen LogP contribution in [0.3, 0.4) is 0 Å². The SMILES string of the molecule is NC(=O)c1cccccccccccc2ccccc2o[nH]nncc1. The Hall–Kier alpha value is -3.93. The van der Waals surface area contributed by atoms with Crippen molar-refractivity contribution in [1.82, 2.24) is 15.6 Å². The molecule has 6 heteroatoms. The summed E-state index contributed by atoms with van der Waals surface area (Å²) in [6.07, 6.45) is 1.34. The van der Waals surface area contributed by atoms with Crippen molar-refractivity contribution < 1.29 is 9.32 Å². The Bertz CT molecular complexity index is 993. The number of aromatic nitrogens is 3. The minimum atomic E-state index is -0.563. The molecule has 0 spiro atoms. The summed E-state index contributed by atoms with van der Waals surface area (Å²) in [6, 6.07) is 29.2. The lowest BCUT2D eigenvalue weighted by Gasteiger charge is -1.88. The van der Waals surface area contributed by atoms with Crippen LogP contribution in [-0.4, -0.2) is 21.5 Å². The first-order valence-corrected chi connectivity index (χ1v) is 8.19. The van der Waals surface area contributed by atoms with E-state index in [-0.39, 0.29) is 0 Å². The van der Waals surface area contributed by atoms with E-state index in [1.54, 1.807) is 24.3 Å². The number of primary amides is 1. The molecule has 0 atom stereocenters. The summed E-state index contributed by atoms with van der Waals surface area (Å²) in [5, 5.41) is 10.7. The van der Waals surface area contributed by atoms with Gasteiger partial charge < -0.3 is 10.3 Å². The fourth-order valence-electron chi connectivity index (χ4n) is 1.94. The zero-order valence-corrected chi connectivity index (χ0v) is 14.6. The quantitative estimate of drug-likeness (QED) is 0.798. The Balaban J connectivity index is 2.57. The van der Waals surface area contributed by atoms with E-state index in [0.29, 0.717) is 11.1 Å². The molecule has 0 unspecified atom stereocenters. The lowest BCUT2D eigenvalue weighted by atomic mass is 10.2. The van der Waals surface area contributed by atoms with E-state index in [2.05, 4.69) is 15.6 Å². The first-order chi connectivity index (χ1) is 13.3. The second kappa shape index (κ2) is 11.6. The molecule has 136 valence electrons. The van der Waals surface area contributed by atoms with Crippen LogP contribution in [0, 0.1) is 0 Å². The number of hydrogen-bond donors (Lipinski definition) is 2. The van der Waals surface area contributed by atoms with Crippen molar-refractivity contribution in [1.29, 1.82) is 0 Å². The van der Waals surface area contributed by atoms with Crippen molar-refractivity contribution in [3.8, 4) is 0 Å². The number of fused-ring (bicyclic) bond motifs is 1. The number of carbonyl (C=O) groups excluding carboxylic acids is 1. The number of aromatic amines is 1. The van der Waals surface area contributed by atoms with Crippen molar-refractivity contribution in [2.24, 2.45) is 5.73 Å². The van der Waals surface area contributed by atoms with Crippen LogP contribution >= 0.6 is 0 Å². The first-order valence-electron chi connectivity index (χ1n) is 8.19. The van der Waals surface area contributed by atoms with Gasteiger partial charge in [-0.3, -0.25) is 4.79 Å².